The fraction of sp³-hybridized carbons (Fsp3) is 0.400. The number of hydrogen-bond acceptors (Lipinski definition) is 3. The molecule has 0 aliphatic heterocycles. The van der Waals surface area contributed by atoms with Crippen molar-refractivity contribution in [3.63, 3.8) is 0 Å². The highest BCUT2D eigenvalue weighted by atomic mass is 79.9. The number of nitrogens with one attached hydrogen (secondary N) is 1. The molecule has 0 spiro atoms. The molecule has 0 heterocycles. The van der Waals surface area contributed by atoms with Gasteiger partial charge < -0.3 is 5.11 Å². The van der Waals surface area contributed by atoms with Crippen LogP contribution in [0, 0.1) is 11.6 Å². The molecular weight excluding hydrogens is 332 g/mol. The van der Waals surface area contributed by atoms with Crippen LogP contribution < -0.4 is 4.72 Å². The Bertz CT molecular complexity index is 509. The van der Waals surface area contributed by atoms with Crippen LogP contribution in [0.4, 0.5) is 8.78 Å². The van der Waals surface area contributed by atoms with E-state index in [2.05, 4.69) is 20.7 Å². The van der Waals surface area contributed by atoms with E-state index in [0.29, 0.717) is 12.5 Å². The molecule has 0 aromatic heterocycles. The number of sulfonamides is 1. The molecule has 1 atom stereocenters. The summed E-state index contributed by atoms with van der Waals surface area (Å²) in [5.41, 5.74) is 0. The van der Waals surface area contributed by atoms with Crippen LogP contribution in [0.3, 0.4) is 0 Å². The first-order valence-electron chi connectivity index (χ1n) is 5.09. The van der Waals surface area contributed by atoms with Gasteiger partial charge in [0.05, 0.1) is 6.61 Å². The molecule has 4 nitrogen and oxygen atoms in total. The van der Waals surface area contributed by atoms with Gasteiger partial charge in [-0.15, -0.1) is 0 Å². The minimum absolute atomic E-state index is 0.208. The zero-order valence-electron chi connectivity index (χ0n) is 9.45. The lowest BCUT2D eigenvalue weighted by Crippen LogP contribution is -2.37. The summed E-state index contributed by atoms with van der Waals surface area (Å²) in [5.74, 6) is -2.07. The molecular formula is C10H12BrF2NO3S. The zero-order chi connectivity index (χ0) is 13.9. The average molecular weight is 344 g/mol. The third-order valence-corrected chi connectivity index (χ3v) is 4.75. The smallest absolute Gasteiger partial charge is 0.244 e. The van der Waals surface area contributed by atoms with Gasteiger partial charge in [-0.25, -0.2) is 21.9 Å². The van der Waals surface area contributed by atoms with Gasteiger partial charge >= 0.3 is 0 Å². The number of halogens is 3. The minimum atomic E-state index is -4.16. The molecule has 1 unspecified atom stereocenters. The van der Waals surface area contributed by atoms with E-state index in [1.807, 2.05) is 0 Å². The maximum absolute atomic E-state index is 13.5. The number of hydrogen-bond donors (Lipinski definition) is 2. The van der Waals surface area contributed by atoms with Gasteiger partial charge in [0.2, 0.25) is 10.0 Å². The van der Waals surface area contributed by atoms with Gasteiger partial charge in [-0.1, -0.05) is 6.92 Å². The predicted molar refractivity (Wildman–Crippen MR) is 65.5 cm³/mol. The van der Waals surface area contributed by atoms with E-state index in [0.717, 1.165) is 6.07 Å². The standard InChI is InChI=1S/C10H12BrF2NO3S/c1-2-7(5-15)14-18(16,17)10-8(11)3-6(12)4-9(10)13/h3-4,7,14-15H,2,5H2,1H3. The van der Waals surface area contributed by atoms with Crippen molar-refractivity contribution in [2.24, 2.45) is 0 Å². The molecule has 2 N–H and O–H groups in total. The molecule has 1 rings (SSSR count). The molecule has 1 aromatic carbocycles. The molecule has 102 valence electrons. The molecule has 8 heteroatoms. The van der Waals surface area contributed by atoms with Gasteiger partial charge in [-0.05, 0) is 28.4 Å². The monoisotopic (exact) mass is 343 g/mol. The Morgan fingerprint density at radius 3 is 2.50 bits per heavy atom. The van der Waals surface area contributed by atoms with E-state index < -0.39 is 39.2 Å². The van der Waals surface area contributed by atoms with E-state index in [4.69, 9.17) is 5.11 Å². The van der Waals surface area contributed by atoms with E-state index in [-0.39, 0.29) is 4.47 Å². The summed E-state index contributed by atoms with van der Waals surface area (Å²) in [4.78, 5) is -0.671. The lowest BCUT2D eigenvalue weighted by atomic mass is 10.3. The van der Waals surface area contributed by atoms with Crippen LogP contribution in [-0.4, -0.2) is 26.2 Å². The van der Waals surface area contributed by atoms with Gasteiger partial charge in [0.15, 0.2) is 0 Å². The molecule has 0 aliphatic rings. The van der Waals surface area contributed by atoms with Crippen molar-refractivity contribution in [1.82, 2.24) is 4.72 Å². The number of benzene rings is 1. The van der Waals surface area contributed by atoms with Crippen LogP contribution in [0.2, 0.25) is 0 Å². The third kappa shape index (κ3) is 3.47. The Morgan fingerprint density at radius 1 is 1.44 bits per heavy atom. The second kappa shape index (κ2) is 6.05. The Balaban J connectivity index is 3.21. The fourth-order valence-corrected chi connectivity index (χ4v) is 3.79. The van der Waals surface area contributed by atoms with E-state index in [9.17, 15) is 17.2 Å². The molecule has 0 fully saturated rings. The maximum atomic E-state index is 13.5. The lowest BCUT2D eigenvalue weighted by Gasteiger charge is -2.15. The zero-order valence-corrected chi connectivity index (χ0v) is 11.9. The van der Waals surface area contributed by atoms with Crippen molar-refractivity contribution >= 4 is 26.0 Å². The van der Waals surface area contributed by atoms with Gasteiger partial charge in [0.1, 0.15) is 16.5 Å². The first-order chi connectivity index (χ1) is 8.31. The number of aliphatic hydroxyl groups excluding tert-OH is 1. The Labute approximate surface area is 112 Å². The normalized spacial score (nSPS) is 13.6. The SMILES string of the molecule is CCC(CO)NS(=O)(=O)c1c(F)cc(F)cc1Br. The van der Waals surface area contributed by atoms with Crippen molar-refractivity contribution in [2.45, 2.75) is 24.3 Å². The molecule has 0 radical (unpaired) electrons. The van der Waals surface area contributed by atoms with Crippen LogP contribution in [0.1, 0.15) is 13.3 Å². The lowest BCUT2D eigenvalue weighted by molar-refractivity contribution is 0.253. The van der Waals surface area contributed by atoms with Crippen molar-refractivity contribution in [3.05, 3.63) is 28.2 Å². The highest BCUT2D eigenvalue weighted by Gasteiger charge is 2.25. The Hall–Kier alpha value is -0.570. The summed E-state index contributed by atoms with van der Waals surface area (Å²) in [6.45, 7) is 1.26. The van der Waals surface area contributed by atoms with Crippen molar-refractivity contribution < 1.29 is 22.3 Å². The van der Waals surface area contributed by atoms with E-state index >= 15 is 0 Å². The van der Waals surface area contributed by atoms with Crippen LogP contribution in [0.25, 0.3) is 0 Å². The average Bonchev–Trinajstić information content (AvgIpc) is 2.23. The number of aliphatic hydroxyl groups is 1. The van der Waals surface area contributed by atoms with Gasteiger partial charge in [0, 0.05) is 16.6 Å². The first kappa shape index (κ1) is 15.5. The summed E-state index contributed by atoms with van der Waals surface area (Å²) >= 11 is 2.81. The third-order valence-electron chi connectivity index (χ3n) is 2.27. The molecule has 18 heavy (non-hydrogen) atoms. The maximum Gasteiger partial charge on any atom is 0.244 e. The van der Waals surface area contributed by atoms with Crippen LogP contribution >= 0.6 is 15.9 Å². The Morgan fingerprint density at radius 2 is 2.06 bits per heavy atom. The molecule has 1 aromatic rings. The summed E-state index contributed by atoms with van der Waals surface area (Å²) < 4.78 is 52.1. The second-order valence-corrected chi connectivity index (χ2v) is 6.11. The topological polar surface area (TPSA) is 66.4 Å². The van der Waals surface area contributed by atoms with Gasteiger partial charge in [-0.2, -0.15) is 0 Å². The first-order valence-corrected chi connectivity index (χ1v) is 7.37. The molecule has 0 aliphatic carbocycles. The molecule has 0 saturated heterocycles. The molecule has 0 amide bonds. The summed E-state index contributed by atoms with van der Waals surface area (Å²) in [5, 5.41) is 8.93. The quantitative estimate of drug-likeness (QED) is 0.856. The largest absolute Gasteiger partial charge is 0.395 e. The highest BCUT2D eigenvalue weighted by Crippen LogP contribution is 2.26. The van der Waals surface area contributed by atoms with Crippen LogP contribution in [0.15, 0.2) is 21.5 Å². The van der Waals surface area contributed by atoms with Gasteiger partial charge in [0.25, 0.3) is 0 Å². The summed E-state index contributed by atoms with van der Waals surface area (Å²) in [6.07, 6.45) is 0.343. The molecule has 0 bridgehead atoms. The van der Waals surface area contributed by atoms with E-state index in [1.54, 1.807) is 6.92 Å². The second-order valence-electron chi connectivity index (χ2n) is 3.61. The van der Waals surface area contributed by atoms with Crippen LogP contribution in [0.5, 0.6) is 0 Å². The molecule has 0 saturated carbocycles. The Kier molecular flexibility index (Phi) is 5.20. The summed E-state index contributed by atoms with van der Waals surface area (Å²) in [7, 11) is -4.16. The van der Waals surface area contributed by atoms with Crippen LogP contribution in [-0.2, 0) is 10.0 Å². The van der Waals surface area contributed by atoms with Crippen molar-refractivity contribution in [2.75, 3.05) is 6.61 Å². The summed E-state index contributed by atoms with van der Waals surface area (Å²) in [6, 6.07) is 0.628. The predicted octanol–water partition coefficient (Wildman–Crippen LogP) is 1.78. The van der Waals surface area contributed by atoms with Crippen molar-refractivity contribution in [3.8, 4) is 0 Å². The van der Waals surface area contributed by atoms with Crippen molar-refractivity contribution in [1.29, 1.82) is 0 Å². The fourth-order valence-electron chi connectivity index (χ4n) is 1.31. The number of rotatable bonds is 5. The highest BCUT2D eigenvalue weighted by molar-refractivity contribution is 9.10. The minimum Gasteiger partial charge on any atom is -0.395 e. The van der Waals surface area contributed by atoms with E-state index in [1.165, 1.54) is 0 Å². The van der Waals surface area contributed by atoms with Gasteiger partial charge in [-0.3, -0.25) is 0 Å².